The van der Waals surface area contributed by atoms with Crippen molar-refractivity contribution in [2.75, 3.05) is 27.4 Å². The van der Waals surface area contributed by atoms with Gasteiger partial charge in [-0.15, -0.1) is 0 Å². The number of hydrogen-bond donors (Lipinski definition) is 1. The van der Waals surface area contributed by atoms with Gasteiger partial charge in [-0.25, -0.2) is 0 Å². The van der Waals surface area contributed by atoms with Gasteiger partial charge in [0, 0.05) is 25.1 Å². The fraction of sp³-hybridized carbons (Fsp3) is 0.368. The minimum Gasteiger partial charge on any atom is -0.493 e. The zero-order valence-electron chi connectivity index (χ0n) is 14.1. The molecule has 1 aliphatic heterocycles. The van der Waals surface area contributed by atoms with Crippen LogP contribution in [-0.4, -0.2) is 27.4 Å². The first-order valence-electron chi connectivity index (χ1n) is 8.11. The molecule has 2 aromatic carbocycles. The normalized spacial score (nSPS) is 13.2. The highest BCUT2D eigenvalue weighted by Crippen LogP contribution is 2.33. The number of benzene rings is 2. The molecule has 1 N–H and O–H groups in total. The minimum atomic E-state index is 0.694. The summed E-state index contributed by atoms with van der Waals surface area (Å²) in [6.45, 7) is 2.83. The summed E-state index contributed by atoms with van der Waals surface area (Å²) >= 11 is 0. The van der Waals surface area contributed by atoms with Crippen LogP contribution in [0.1, 0.15) is 17.5 Å². The molecule has 0 saturated heterocycles. The molecule has 0 atom stereocenters. The van der Waals surface area contributed by atoms with Gasteiger partial charge in [0.25, 0.3) is 0 Å². The van der Waals surface area contributed by atoms with Gasteiger partial charge in [-0.3, -0.25) is 0 Å². The molecule has 0 fully saturated rings. The fourth-order valence-electron chi connectivity index (χ4n) is 2.73. The van der Waals surface area contributed by atoms with Crippen molar-refractivity contribution in [1.29, 1.82) is 0 Å². The van der Waals surface area contributed by atoms with Crippen molar-refractivity contribution < 1.29 is 18.9 Å². The number of para-hydroxylation sites is 1. The first-order valence-corrected chi connectivity index (χ1v) is 8.11. The van der Waals surface area contributed by atoms with Crippen LogP contribution in [0.3, 0.4) is 0 Å². The number of rotatable bonds is 6. The summed E-state index contributed by atoms with van der Waals surface area (Å²) in [5.74, 6) is 3.16. The maximum atomic E-state index is 5.85. The van der Waals surface area contributed by atoms with Crippen molar-refractivity contribution in [3.05, 3.63) is 47.5 Å². The second-order valence-electron chi connectivity index (χ2n) is 5.59. The zero-order chi connectivity index (χ0) is 16.8. The second-order valence-corrected chi connectivity index (χ2v) is 5.59. The highest BCUT2D eigenvalue weighted by molar-refractivity contribution is 5.47. The Morgan fingerprint density at radius 2 is 1.79 bits per heavy atom. The molecule has 24 heavy (non-hydrogen) atoms. The summed E-state index contributed by atoms with van der Waals surface area (Å²) in [4.78, 5) is 0. The molecular formula is C19H23NO4. The van der Waals surface area contributed by atoms with E-state index in [9.17, 15) is 0 Å². The lowest BCUT2D eigenvalue weighted by atomic mass is 10.1. The summed E-state index contributed by atoms with van der Waals surface area (Å²) in [7, 11) is 3.28. The number of fused-ring (bicyclic) bond motifs is 1. The first kappa shape index (κ1) is 16.5. The van der Waals surface area contributed by atoms with Gasteiger partial charge in [0.05, 0.1) is 27.4 Å². The molecule has 3 rings (SSSR count). The van der Waals surface area contributed by atoms with Gasteiger partial charge in [0.2, 0.25) is 0 Å². The monoisotopic (exact) mass is 329 g/mol. The SMILES string of the molecule is COc1ccc(CNCc2cccc3c2OCCCO3)cc1OC. The third-order valence-corrected chi connectivity index (χ3v) is 3.95. The summed E-state index contributed by atoms with van der Waals surface area (Å²) in [6.07, 6.45) is 0.910. The molecule has 128 valence electrons. The quantitative estimate of drug-likeness (QED) is 0.882. The second kappa shape index (κ2) is 7.93. The Balaban J connectivity index is 1.65. The molecule has 1 heterocycles. The van der Waals surface area contributed by atoms with Crippen LogP contribution < -0.4 is 24.3 Å². The van der Waals surface area contributed by atoms with Crippen molar-refractivity contribution in [3.8, 4) is 23.0 Å². The van der Waals surface area contributed by atoms with Gasteiger partial charge < -0.3 is 24.3 Å². The van der Waals surface area contributed by atoms with E-state index in [1.807, 2.05) is 30.3 Å². The van der Waals surface area contributed by atoms with Gasteiger partial charge in [-0.2, -0.15) is 0 Å². The van der Waals surface area contributed by atoms with E-state index in [-0.39, 0.29) is 0 Å². The summed E-state index contributed by atoms with van der Waals surface area (Å²) < 4.78 is 22.2. The van der Waals surface area contributed by atoms with Gasteiger partial charge in [0.1, 0.15) is 0 Å². The van der Waals surface area contributed by atoms with E-state index in [2.05, 4.69) is 11.4 Å². The lowest BCUT2D eigenvalue weighted by Crippen LogP contribution is -2.14. The van der Waals surface area contributed by atoms with Crippen LogP contribution in [0.5, 0.6) is 23.0 Å². The maximum absolute atomic E-state index is 5.85. The van der Waals surface area contributed by atoms with Gasteiger partial charge >= 0.3 is 0 Å². The van der Waals surface area contributed by atoms with E-state index >= 15 is 0 Å². The highest BCUT2D eigenvalue weighted by Gasteiger charge is 2.14. The Labute approximate surface area is 142 Å². The summed E-state index contributed by atoms with van der Waals surface area (Å²) in [5.41, 5.74) is 2.24. The standard InChI is InChI=1S/C19H23NO4/c1-21-16-8-7-14(11-18(16)22-2)12-20-13-15-5-3-6-17-19(15)24-10-4-9-23-17/h3,5-8,11,20H,4,9-10,12-13H2,1-2H3. The number of ether oxygens (including phenoxy) is 4. The molecule has 0 spiro atoms. The van der Waals surface area contributed by atoms with Crippen molar-refractivity contribution in [1.82, 2.24) is 5.32 Å². The van der Waals surface area contributed by atoms with Crippen LogP contribution in [0.15, 0.2) is 36.4 Å². The molecule has 5 nitrogen and oxygen atoms in total. The molecular weight excluding hydrogens is 306 g/mol. The van der Waals surface area contributed by atoms with Crippen LogP contribution >= 0.6 is 0 Å². The van der Waals surface area contributed by atoms with Crippen molar-refractivity contribution >= 4 is 0 Å². The molecule has 0 aliphatic carbocycles. The largest absolute Gasteiger partial charge is 0.493 e. The predicted octanol–water partition coefficient (Wildman–Crippen LogP) is 3.15. The topological polar surface area (TPSA) is 49.0 Å². The molecule has 0 unspecified atom stereocenters. The predicted molar refractivity (Wildman–Crippen MR) is 92.1 cm³/mol. The lowest BCUT2D eigenvalue weighted by molar-refractivity contribution is 0.296. The Morgan fingerprint density at radius 1 is 0.958 bits per heavy atom. The molecule has 1 aliphatic rings. The van der Waals surface area contributed by atoms with Crippen molar-refractivity contribution in [2.45, 2.75) is 19.5 Å². The first-order chi connectivity index (χ1) is 11.8. The molecule has 0 aromatic heterocycles. The zero-order valence-corrected chi connectivity index (χ0v) is 14.1. The summed E-state index contributed by atoms with van der Waals surface area (Å²) in [6, 6.07) is 12.0. The lowest BCUT2D eigenvalue weighted by Gasteiger charge is -2.14. The number of hydrogen-bond acceptors (Lipinski definition) is 5. The van der Waals surface area contributed by atoms with E-state index in [0.717, 1.165) is 47.1 Å². The average molecular weight is 329 g/mol. The molecule has 2 aromatic rings. The van der Waals surface area contributed by atoms with E-state index in [1.54, 1.807) is 14.2 Å². The van der Waals surface area contributed by atoms with Gasteiger partial charge in [0.15, 0.2) is 23.0 Å². The highest BCUT2D eigenvalue weighted by atomic mass is 16.5. The Kier molecular flexibility index (Phi) is 5.43. The Morgan fingerprint density at radius 3 is 2.62 bits per heavy atom. The van der Waals surface area contributed by atoms with Gasteiger partial charge in [-0.1, -0.05) is 18.2 Å². The Bertz CT molecular complexity index is 687. The maximum Gasteiger partial charge on any atom is 0.165 e. The van der Waals surface area contributed by atoms with E-state index in [4.69, 9.17) is 18.9 Å². The molecule has 0 bridgehead atoms. The smallest absolute Gasteiger partial charge is 0.165 e. The van der Waals surface area contributed by atoms with Crippen molar-refractivity contribution in [2.24, 2.45) is 0 Å². The van der Waals surface area contributed by atoms with Crippen LogP contribution in [0.25, 0.3) is 0 Å². The Hall–Kier alpha value is -2.40. The third kappa shape index (κ3) is 3.74. The third-order valence-electron chi connectivity index (χ3n) is 3.95. The van der Waals surface area contributed by atoms with Gasteiger partial charge in [-0.05, 0) is 23.8 Å². The van der Waals surface area contributed by atoms with Crippen molar-refractivity contribution in [3.63, 3.8) is 0 Å². The number of methoxy groups -OCH3 is 2. The molecule has 0 saturated carbocycles. The average Bonchev–Trinajstić information content (AvgIpc) is 2.87. The minimum absolute atomic E-state index is 0.694. The number of nitrogens with one attached hydrogen (secondary N) is 1. The van der Waals surface area contributed by atoms with Crippen LogP contribution in [0, 0.1) is 0 Å². The van der Waals surface area contributed by atoms with E-state index in [1.165, 1.54) is 0 Å². The molecule has 5 heteroatoms. The van der Waals surface area contributed by atoms with Crippen LogP contribution in [0.4, 0.5) is 0 Å². The van der Waals surface area contributed by atoms with Crippen LogP contribution in [-0.2, 0) is 13.1 Å². The van der Waals surface area contributed by atoms with E-state index in [0.29, 0.717) is 19.8 Å². The fourth-order valence-corrected chi connectivity index (χ4v) is 2.73. The molecule has 0 amide bonds. The summed E-state index contributed by atoms with van der Waals surface area (Å²) in [5, 5.41) is 3.45. The molecule has 0 radical (unpaired) electrons. The van der Waals surface area contributed by atoms with Crippen LogP contribution in [0.2, 0.25) is 0 Å². The van der Waals surface area contributed by atoms with E-state index < -0.39 is 0 Å².